The third-order valence-electron chi connectivity index (χ3n) is 3.43. The van der Waals surface area contributed by atoms with Gasteiger partial charge in [0.25, 0.3) is 0 Å². The standard InChI is InChI=1S/C16H22BrNO/c1-9(2)12-6-11(17)7-13-15(10(3)4)14(8-18-5)19-16(12)13/h6-7,9-10,18H,8H2,1-5H3. The summed E-state index contributed by atoms with van der Waals surface area (Å²) in [6.45, 7) is 9.63. The number of benzene rings is 1. The first-order valence-corrected chi connectivity index (χ1v) is 7.64. The normalized spacial score (nSPS) is 12.0. The van der Waals surface area contributed by atoms with Crippen molar-refractivity contribution in [2.24, 2.45) is 0 Å². The zero-order valence-electron chi connectivity index (χ0n) is 12.3. The van der Waals surface area contributed by atoms with Gasteiger partial charge in [-0.3, -0.25) is 0 Å². The van der Waals surface area contributed by atoms with Crippen LogP contribution in [-0.4, -0.2) is 7.05 Å². The fourth-order valence-corrected chi connectivity index (χ4v) is 3.09. The summed E-state index contributed by atoms with van der Waals surface area (Å²) in [7, 11) is 1.95. The van der Waals surface area contributed by atoms with Gasteiger partial charge in [-0.15, -0.1) is 0 Å². The lowest BCUT2D eigenvalue weighted by atomic mass is 9.95. The summed E-state index contributed by atoms with van der Waals surface area (Å²) >= 11 is 3.63. The summed E-state index contributed by atoms with van der Waals surface area (Å²) in [6.07, 6.45) is 0. The molecule has 19 heavy (non-hydrogen) atoms. The highest BCUT2D eigenvalue weighted by molar-refractivity contribution is 9.10. The maximum atomic E-state index is 6.16. The first kappa shape index (κ1) is 14.6. The molecular weight excluding hydrogens is 302 g/mol. The van der Waals surface area contributed by atoms with Gasteiger partial charge in [0.2, 0.25) is 0 Å². The molecule has 0 unspecified atom stereocenters. The molecule has 0 atom stereocenters. The van der Waals surface area contributed by atoms with E-state index in [9.17, 15) is 0 Å². The average Bonchev–Trinajstić information content (AvgIpc) is 2.66. The van der Waals surface area contributed by atoms with E-state index in [1.54, 1.807) is 0 Å². The van der Waals surface area contributed by atoms with Crippen molar-refractivity contribution in [1.29, 1.82) is 0 Å². The fraction of sp³-hybridized carbons (Fsp3) is 0.500. The van der Waals surface area contributed by atoms with E-state index in [0.29, 0.717) is 11.8 Å². The van der Waals surface area contributed by atoms with Crippen LogP contribution in [0.2, 0.25) is 0 Å². The molecule has 0 spiro atoms. The Morgan fingerprint density at radius 1 is 1.16 bits per heavy atom. The molecule has 2 rings (SSSR count). The Labute approximate surface area is 123 Å². The molecule has 1 N–H and O–H groups in total. The van der Waals surface area contributed by atoms with Gasteiger partial charge in [-0.05, 0) is 36.6 Å². The van der Waals surface area contributed by atoms with Gasteiger partial charge in [-0.25, -0.2) is 0 Å². The van der Waals surface area contributed by atoms with Gasteiger partial charge in [0.15, 0.2) is 0 Å². The van der Waals surface area contributed by atoms with E-state index in [4.69, 9.17) is 4.42 Å². The molecule has 0 fully saturated rings. The zero-order chi connectivity index (χ0) is 14.2. The van der Waals surface area contributed by atoms with Crippen molar-refractivity contribution in [3.63, 3.8) is 0 Å². The van der Waals surface area contributed by atoms with Crippen molar-refractivity contribution in [3.05, 3.63) is 33.5 Å². The van der Waals surface area contributed by atoms with E-state index in [2.05, 4.69) is 61.1 Å². The fourth-order valence-electron chi connectivity index (χ4n) is 2.61. The summed E-state index contributed by atoms with van der Waals surface area (Å²) in [5.41, 5.74) is 3.65. The van der Waals surface area contributed by atoms with Crippen LogP contribution < -0.4 is 5.32 Å². The van der Waals surface area contributed by atoms with Gasteiger partial charge in [0, 0.05) is 15.4 Å². The molecular formula is C16H22BrNO. The van der Waals surface area contributed by atoms with Crippen LogP contribution in [0.15, 0.2) is 21.0 Å². The van der Waals surface area contributed by atoms with E-state index in [1.807, 2.05) is 7.05 Å². The number of furan rings is 1. The van der Waals surface area contributed by atoms with Crippen molar-refractivity contribution in [1.82, 2.24) is 5.32 Å². The molecule has 1 aromatic heterocycles. The molecule has 0 aliphatic rings. The van der Waals surface area contributed by atoms with Gasteiger partial charge in [-0.2, -0.15) is 0 Å². The van der Waals surface area contributed by atoms with Crippen LogP contribution in [-0.2, 0) is 6.54 Å². The largest absolute Gasteiger partial charge is 0.459 e. The predicted molar refractivity (Wildman–Crippen MR) is 84.9 cm³/mol. The van der Waals surface area contributed by atoms with Crippen LogP contribution in [0.25, 0.3) is 11.0 Å². The minimum absolute atomic E-state index is 0.452. The molecule has 3 heteroatoms. The average molecular weight is 324 g/mol. The van der Waals surface area contributed by atoms with E-state index in [-0.39, 0.29) is 0 Å². The molecule has 0 bridgehead atoms. The lowest BCUT2D eigenvalue weighted by Crippen LogP contribution is -2.06. The molecule has 2 aromatic rings. The van der Waals surface area contributed by atoms with Crippen molar-refractivity contribution in [2.75, 3.05) is 7.05 Å². The highest BCUT2D eigenvalue weighted by atomic mass is 79.9. The highest BCUT2D eigenvalue weighted by Crippen LogP contribution is 2.38. The lowest BCUT2D eigenvalue weighted by molar-refractivity contribution is 0.516. The number of hydrogen-bond donors (Lipinski definition) is 1. The molecule has 2 nitrogen and oxygen atoms in total. The lowest BCUT2D eigenvalue weighted by Gasteiger charge is -2.08. The third-order valence-corrected chi connectivity index (χ3v) is 3.89. The monoisotopic (exact) mass is 323 g/mol. The van der Waals surface area contributed by atoms with E-state index in [1.165, 1.54) is 16.5 Å². The van der Waals surface area contributed by atoms with E-state index in [0.717, 1.165) is 22.4 Å². The van der Waals surface area contributed by atoms with E-state index < -0.39 is 0 Å². The van der Waals surface area contributed by atoms with Gasteiger partial charge < -0.3 is 9.73 Å². The number of fused-ring (bicyclic) bond motifs is 1. The summed E-state index contributed by atoms with van der Waals surface area (Å²) in [5.74, 6) is 1.97. The van der Waals surface area contributed by atoms with Crippen molar-refractivity contribution < 1.29 is 4.42 Å². The summed E-state index contributed by atoms with van der Waals surface area (Å²) in [5, 5.41) is 4.45. The summed E-state index contributed by atoms with van der Waals surface area (Å²) in [6, 6.07) is 4.35. The second-order valence-electron chi connectivity index (χ2n) is 5.65. The number of hydrogen-bond acceptors (Lipinski definition) is 2. The Bertz CT molecular complexity index is 584. The second-order valence-corrected chi connectivity index (χ2v) is 6.57. The predicted octanol–water partition coefficient (Wildman–Crippen LogP) is 5.16. The maximum absolute atomic E-state index is 6.16. The smallest absolute Gasteiger partial charge is 0.138 e. The molecule has 104 valence electrons. The van der Waals surface area contributed by atoms with Crippen LogP contribution in [0.3, 0.4) is 0 Å². The minimum atomic E-state index is 0.452. The van der Waals surface area contributed by atoms with Crippen LogP contribution in [0.1, 0.15) is 56.4 Å². The molecule has 0 saturated heterocycles. The molecule has 0 saturated carbocycles. The number of rotatable bonds is 4. The first-order chi connectivity index (χ1) is 8.95. The SMILES string of the molecule is CNCc1oc2c(C(C)C)cc(Br)cc2c1C(C)C. The maximum Gasteiger partial charge on any atom is 0.138 e. The van der Waals surface area contributed by atoms with Gasteiger partial charge in [0.1, 0.15) is 11.3 Å². The summed E-state index contributed by atoms with van der Waals surface area (Å²) in [4.78, 5) is 0. The highest BCUT2D eigenvalue weighted by Gasteiger charge is 2.20. The van der Waals surface area contributed by atoms with Crippen LogP contribution in [0, 0.1) is 0 Å². The Morgan fingerprint density at radius 2 is 1.84 bits per heavy atom. The van der Waals surface area contributed by atoms with E-state index >= 15 is 0 Å². The molecule has 0 aliphatic carbocycles. The van der Waals surface area contributed by atoms with Crippen molar-refractivity contribution in [3.8, 4) is 0 Å². The molecule has 1 heterocycles. The van der Waals surface area contributed by atoms with Crippen molar-refractivity contribution >= 4 is 26.9 Å². The summed E-state index contributed by atoms with van der Waals surface area (Å²) < 4.78 is 7.29. The third kappa shape index (κ3) is 2.72. The minimum Gasteiger partial charge on any atom is -0.459 e. The Hall–Kier alpha value is -0.800. The number of nitrogens with one attached hydrogen (secondary N) is 1. The zero-order valence-corrected chi connectivity index (χ0v) is 13.9. The molecule has 0 radical (unpaired) electrons. The van der Waals surface area contributed by atoms with Crippen LogP contribution in [0.5, 0.6) is 0 Å². The van der Waals surface area contributed by atoms with Crippen LogP contribution in [0.4, 0.5) is 0 Å². The van der Waals surface area contributed by atoms with Gasteiger partial charge in [0.05, 0.1) is 6.54 Å². The van der Waals surface area contributed by atoms with Gasteiger partial charge >= 0.3 is 0 Å². The second kappa shape index (κ2) is 5.68. The number of halogens is 1. The Kier molecular flexibility index (Phi) is 4.36. The van der Waals surface area contributed by atoms with Crippen molar-refractivity contribution in [2.45, 2.75) is 46.1 Å². The Balaban J connectivity index is 2.78. The topological polar surface area (TPSA) is 25.2 Å². The van der Waals surface area contributed by atoms with Gasteiger partial charge in [-0.1, -0.05) is 43.6 Å². The van der Waals surface area contributed by atoms with Crippen LogP contribution >= 0.6 is 15.9 Å². The first-order valence-electron chi connectivity index (χ1n) is 6.85. The molecule has 0 amide bonds. The quantitative estimate of drug-likeness (QED) is 0.840. The molecule has 0 aliphatic heterocycles. The molecule has 1 aromatic carbocycles. The Morgan fingerprint density at radius 3 is 2.37 bits per heavy atom.